The molecule has 0 spiro atoms. The largest absolute Gasteiger partial charge is 0.374 e. The number of allylic oxidation sites excluding steroid dienone is 1. The van der Waals surface area contributed by atoms with Gasteiger partial charge in [0.25, 0.3) is 0 Å². The van der Waals surface area contributed by atoms with E-state index >= 15 is 0 Å². The van der Waals surface area contributed by atoms with Gasteiger partial charge in [-0.05, 0) is 44.9 Å². The lowest BCUT2D eigenvalue weighted by molar-refractivity contribution is -0.0942. The van der Waals surface area contributed by atoms with E-state index in [-0.39, 0.29) is 11.6 Å². The number of rotatable bonds is 7. The fourth-order valence-electron chi connectivity index (χ4n) is 3.15. The molecule has 3 atom stereocenters. The molecule has 1 rings (SSSR count). The lowest BCUT2D eigenvalue weighted by Gasteiger charge is -2.44. The van der Waals surface area contributed by atoms with Gasteiger partial charge in [0, 0.05) is 12.6 Å². The summed E-state index contributed by atoms with van der Waals surface area (Å²) in [5.74, 6) is 0.751. The average Bonchev–Trinajstić information content (AvgIpc) is 2.29. The first kappa shape index (κ1) is 14.7. The molecule has 0 aromatic heterocycles. The molecule has 0 amide bonds. The molecule has 0 heterocycles. The summed E-state index contributed by atoms with van der Waals surface area (Å²) in [6.45, 7) is 8.95. The Labute approximate surface area is 107 Å². The van der Waals surface area contributed by atoms with Crippen LogP contribution in [0.2, 0.25) is 0 Å². The molecule has 0 aromatic carbocycles. The van der Waals surface area contributed by atoms with Gasteiger partial charge in [-0.25, -0.2) is 0 Å². The number of nitrogens with two attached hydrogens (primary N) is 1. The van der Waals surface area contributed by atoms with E-state index in [0.717, 1.165) is 44.6 Å². The van der Waals surface area contributed by atoms with E-state index in [1.165, 1.54) is 12.8 Å². The predicted octanol–water partition coefficient (Wildman–Crippen LogP) is 3.66. The fraction of sp³-hybridized carbons (Fsp3) is 0.867. The molecule has 3 unspecified atom stereocenters. The topological polar surface area (TPSA) is 35.2 Å². The van der Waals surface area contributed by atoms with Gasteiger partial charge in [0.1, 0.15) is 0 Å². The Bertz CT molecular complexity index is 225. The Morgan fingerprint density at radius 1 is 1.59 bits per heavy atom. The summed E-state index contributed by atoms with van der Waals surface area (Å²) in [5.41, 5.74) is 6.37. The highest BCUT2D eigenvalue weighted by Gasteiger charge is 2.40. The van der Waals surface area contributed by atoms with Crippen molar-refractivity contribution in [1.29, 1.82) is 0 Å². The van der Waals surface area contributed by atoms with Gasteiger partial charge in [0.05, 0.1) is 5.60 Å². The van der Waals surface area contributed by atoms with Crippen LogP contribution in [0.15, 0.2) is 12.7 Å². The van der Waals surface area contributed by atoms with Crippen LogP contribution in [0.4, 0.5) is 0 Å². The minimum Gasteiger partial charge on any atom is -0.374 e. The molecule has 17 heavy (non-hydrogen) atoms. The Morgan fingerprint density at radius 2 is 2.35 bits per heavy atom. The van der Waals surface area contributed by atoms with E-state index in [4.69, 9.17) is 10.5 Å². The average molecular weight is 239 g/mol. The molecule has 0 aromatic rings. The third kappa shape index (κ3) is 4.11. The predicted molar refractivity (Wildman–Crippen MR) is 74.0 cm³/mol. The van der Waals surface area contributed by atoms with Crippen LogP contribution < -0.4 is 5.73 Å². The number of hydrogen-bond donors (Lipinski definition) is 1. The molecule has 0 bridgehead atoms. The zero-order valence-corrected chi connectivity index (χ0v) is 11.6. The Balaban J connectivity index is 2.58. The van der Waals surface area contributed by atoms with Crippen LogP contribution in [0.5, 0.6) is 0 Å². The molecule has 1 fully saturated rings. The third-order valence-corrected chi connectivity index (χ3v) is 4.02. The van der Waals surface area contributed by atoms with E-state index in [1.807, 2.05) is 6.08 Å². The lowest BCUT2D eigenvalue weighted by atomic mass is 9.73. The third-order valence-electron chi connectivity index (χ3n) is 4.02. The highest BCUT2D eigenvalue weighted by molar-refractivity contribution is 4.95. The molecule has 2 N–H and O–H groups in total. The van der Waals surface area contributed by atoms with Crippen LogP contribution in [0.25, 0.3) is 0 Å². The molecular formula is C15H29NO. The van der Waals surface area contributed by atoms with Crippen molar-refractivity contribution >= 4 is 0 Å². The van der Waals surface area contributed by atoms with Gasteiger partial charge >= 0.3 is 0 Å². The van der Waals surface area contributed by atoms with Crippen molar-refractivity contribution in [3.05, 3.63) is 12.7 Å². The van der Waals surface area contributed by atoms with Crippen molar-refractivity contribution < 1.29 is 4.74 Å². The van der Waals surface area contributed by atoms with Crippen LogP contribution in [-0.4, -0.2) is 18.2 Å². The maximum atomic E-state index is 6.41. The molecule has 2 nitrogen and oxygen atoms in total. The summed E-state index contributed by atoms with van der Waals surface area (Å²) >= 11 is 0. The Kier molecular flexibility index (Phi) is 6.21. The highest BCUT2D eigenvalue weighted by Crippen LogP contribution is 2.38. The highest BCUT2D eigenvalue weighted by atomic mass is 16.5. The van der Waals surface area contributed by atoms with Crippen molar-refractivity contribution in [2.24, 2.45) is 11.7 Å². The second-order valence-electron chi connectivity index (χ2n) is 5.53. The number of hydrogen-bond acceptors (Lipinski definition) is 2. The van der Waals surface area contributed by atoms with Gasteiger partial charge < -0.3 is 10.5 Å². The van der Waals surface area contributed by atoms with Gasteiger partial charge in [-0.3, -0.25) is 0 Å². The zero-order chi connectivity index (χ0) is 12.7. The van der Waals surface area contributed by atoms with Gasteiger partial charge in [0.15, 0.2) is 0 Å². The summed E-state index contributed by atoms with van der Waals surface area (Å²) in [4.78, 5) is 0. The molecular weight excluding hydrogens is 210 g/mol. The van der Waals surface area contributed by atoms with Crippen molar-refractivity contribution in [2.75, 3.05) is 6.61 Å². The maximum absolute atomic E-state index is 6.41. The van der Waals surface area contributed by atoms with Gasteiger partial charge in [0.2, 0.25) is 0 Å². The molecule has 1 saturated carbocycles. The van der Waals surface area contributed by atoms with Gasteiger partial charge in [-0.15, -0.1) is 6.58 Å². The number of unbranched alkanes of at least 4 members (excludes halogenated alkanes) is 1. The lowest BCUT2D eigenvalue weighted by Crippen LogP contribution is -2.52. The number of ether oxygens (including phenoxy) is 1. The Morgan fingerprint density at radius 3 is 2.94 bits per heavy atom. The van der Waals surface area contributed by atoms with Crippen LogP contribution in [0.1, 0.15) is 58.8 Å². The molecule has 2 heteroatoms. The van der Waals surface area contributed by atoms with E-state index in [9.17, 15) is 0 Å². The van der Waals surface area contributed by atoms with E-state index in [2.05, 4.69) is 20.4 Å². The van der Waals surface area contributed by atoms with E-state index in [1.54, 1.807) is 0 Å². The van der Waals surface area contributed by atoms with Crippen molar-refractivity contribution in [2.45, 2.75) is 70.4 Å². The SMILES string of the molecule is C=CCCCC(N)C1(OCC)CCCC(C)C1. The van der Waals surface area contributed by atoms with E-state index in [0.29, 0.717) is 0 Å². The summed E-state index contributed by atoms with van der Waals surface area (Å²) in [7, 11) is 0. The quantitative estimate of drug-likeness (QED) is 0.543. The fourth-order valence-corrected chi connectivity index (χ4v) is 3.15. The van der Waals surface area contributed by atoms with Crippen molar-refractivity contribution in [3.8, 4) is 0 Å². The summed E-state index contributed by atoms with van der Waals surface area (Å²) in [5, 5.41) is 0. The molecule has 0 saturated heterocycles. The van der Waals surface area contributed by atoms with Crippen molar-refractivity contribution in [1.82, 2.24) is 0 Å². The Hall–Kier alpha value is -0.340. The zero-order valence-electron chi connectivity index (χ0n) is 11.6. The van der Waals surface area contributed by atoms with Gasteiger partial charge in [-0.2, -0.15) is 0 Å². The van der Waals surface area contributed by atoms with Gasteiger partial charge in [-0.1, -0.05) is 25.8 Å². The second-order valence-corrected chi connectivity index (χ2v) is 5.53. The minimum atomic E-state index is -0.0480. The van der Waals surface area contributed by atoms with Crippen LogP contribution in [-0.2, 0) is 4.74 Å². The summed E-state index contributed by atoms with van der Waals surface area (Å²) in [6.07, 6.45) is 10.1. The molecule has 0 aliphatic heterocycles. The first-order chi connectivity index (χ1) is 8.14. The first-order valence-electron chi connectivity index (χ1n) is 7.15. The molecule has 1 aliphatic rings. The van der Waals surface area contributed by atoms with Crippen LogP contribution >= 0.6 is 0 Å². The smallest absolute Gasteiger partial charge is 0.0835 e. The first-order valence-corrected chi connectivity index (χ1v) is 7.15. The normalized spacial score (nSPS) is 31.1. The molecule has 100 valence electrons. The molecule has 0 radical (unpaired) electrons. The maximum Gasteiger partial charge on any atom is 0.0835 e. The second kappa shape index (κ2) is 7.17. The monoisotopic (exact) mass is 239 g/mol. The minimum absolute atomic E-state index is 0.0480. The van der Waals surface area contributed by atoms with Crippen LogP contribution in [0, 0.1) is 5.92 Å². The van der Waals surface area contributed by atoms with Crippen LogP contribution in [0.3, 0.4) is 0 Å². The summed E-state index contributed by atoms with van der Waals surface area (Å²) < 4.78 is 6.08. The standard InChI is InChI=1S/C15H29NO/c1-4-6-7-10-14(16)15(17-5-2)11-8-9-13(3)12-15/h4,13-14H,1,5-12,16H2,2-3H3. The summed E-state index contributed by atoms with van der Waals surface area (Å²) in [6, 6.07) is 0.185. The van der Waals surface area contributed by atoms with Crippen molar-refractivity contribution in [3.63, 3.8) is 0 Å². The molecule has 1 aliphatic carbocycles. The van der Waals surface area contributed by atoms with E-state index < -0.39 is 0 Å².